The molecule has 0 aromatic rings. The fraction of sp³-hybridized carbons (Fsp3) is 0.900. The summed E-state index contributed by atoms with van der Waals surface area (Å²) in [6.07, 6.45) is 2.73. The Labute approximate surface area is 104 Å². The van der Waals surface area contributed by atoms with Crippen LogP contribution in [0.4, 0.5) is 0 Å². The number of ether oxygens (including phenoxy) is 1. The Kier molecular flexibility index (Phi) is 8.79. The summed E-state index contributed by atoms with van der Waals surface area (Å²) in [5, 5.41) is 6.16. The zero-order valence-corrected chi connectivity index (χ0v) is 11.6. The molecule has 0 rings (SSSR count). The van der Waals surface area contributed by atoms with Crippen LogP contribution in [0.1, 0.15) is 12.8 Å². The lowest BCUT2D eigenvalue weighted by molar-refractivity contribution is 0.195. The molecule has 17 heavy (non-hydrogen) atoms. The van der Waals surface area contributed by atoms with E-state index in [9.17, 15) is 8.42 Å². The molecule has 0 radical (unpaired) electrons. The number of rotatable bonds is 8. The van der Waals surface area contributed by atoms with Crippen LogP contribution in [0.2, 0.25) is 0 Å². The molecule has 0 aliphatic rings. The van der Waals surface area contributed by atoms with E-state index in [-0.39, 0.29) is 5.75 Å². The van der Waals surface area contributed by atoms with Crippen molar-refractivity contribution in [1.82, 2.24) is 10.6 Å². The van der Waals surface area contributed by atoms with Crippen LogP contribution < -0.4 is 10.6 Å². The van der Waals surface area contributed by atoms with Crippen molar-refractivity contribution >= 4 is 15.8 Å². The number of guanidine groups is 1. The molecule has 0 aromatic carbocycles. The van der Waals surface area contributed by atoms with Gasteiger partial charge in [-0.2, -0.15) is 0 Å². The highest BCUT2D eigenvalue weighted by molar-refractivity contribution is 7.90. The minimum absolute atomic E-state index is 0.195. The number of hydrogen-bond acceptors (Lipinski definition) is 4. The van der Waals surface area contributed by atoms with Crippen molar-refractivity contribution in [1.29, 1.82) is 0 Å². The molecule has 6 nitrogen and oxygen atoms in total. The standard InChI is InChI=1S/C10H23N3O3S/c1-11-10(12-6-4-8-16-2)13-7-5-9-17(3,14)15/h4-9H2,1-3H3,(H2,11,12,13). The van der Waals surface area contributed by atoms with E-state index in [1.165, 1.54) is 6.26 Å². The first kappa shape index (κ1) is 16.2. The van der Waals surface area contributed by atoms with E-state index in [0.29, 0.717) is 25.5 Å². The average molecular weight is 265 g/mol. The lowest BCUT2D eigenvalue weighted by Gasteiger charge is -2.11. The number of hydrogen-bond donors (Lipinski definition) is 2. The number of methoxy groups -OCH3 is 1. The van der Waals surface area contributed by atoms with Gasteiger partial charge in [0.05, 0.1) is 5.75 Å². The molecule has 0 bridgehead atoms. The van der Waals surface area contributed by atoms with Gasteiger partial charge in [0, 0.05) is 40.1 Å². The van der Waals surface area contributed by atoms with Gasteiger partial charge in [0.1, 0.15) is 9.84 Å². The van der Waals surface area contributed by atoms with Crippen LogP contribution in [0.25, 0.3) is 0 Å². The van der Waals surface area contributed by atoms with Crippen molar-refractivity contribution in [2.75, 3.05) is 45.9 Å². The largest absolute Gasteiger partial charge is 0.385 e. The number of nitrogens with one attached hydrogen (secondary N) is 2. The van der Waals surface area contributed by atoms with Crippen molar-refractivity contribution in [3.05, 3.63) is 0 Å². The normalized spacial score (nSPS) is 12.5. The molecule has 0 atom stereocenters. The topological polar surface area (TPSA) is 79.8 Å². The second-order valence-corrected chi connectivity index (χ2v) is 6.02. The molecule has 102 valence electrons. The minimum Gasteiger partial charge on any atom is -0.385 e. The first-order valence-corrected chi connectivity index (χ1v) is 7.67. The maximum absolute atomic E-state index is 10.9. The van der Waals surface area contributed by atoms with Gasteiger partial charge in [0.15, 0.2) is 5.96 Å². The Morgan fingerprint density at radius 2 is 1.82 bits per heavy atom. The molecule has 0 unspecified atom stereocenters. The molecule has 0 saturated heterocycles. The van der Waals surface area contributed by atoms with E-state index in [1.54, 1.807) is 14.2 Å². The summed E-state index contributed by atoms with van der Waals surface area (Å²) in [4.78, 5) is 4.02. The van der Waals surface area contributed by atoms with Gasteiger partial charge in [-0.05, 0) is 12.8 Å². The minimum atomic E-state index is -2.87. The number of sulfone groups is 1. The highest BCUT2D eigenvalue weighted by Gasteiger charge is 2.02. The Balaban J connectivity index is 3.62. The maximum atomic E-state index is 10.9. The van der Waals surface area contributed by atoms with Crippen LogP contribution in [0.5, 0.6) is 0 Å². The van der Waals surface area contributed by atoms with Crippen molar-refractivity contribution < 1.29 is 13.2 Å². The van der Waals surface area contributed by atoms with Gasteiger partial charge in [-0.25, -0.2) is 8.42 Å². The molecular weight excluding hydrogens is 242 g/mol. The summed E-state index contributed by atoms with van der Waals surface area (Å²) in [6, 6.07) is 0. The van der Waals surface area contributed by atoms with E-state index in [0.717, 1.165) is 13.0 Å². The van der Waals surface area contributed by atoms with Crippen LogP contribution in [0, 0.1) is 0 Å². The molecule has 0 aliphatic heterocycles. The highest BCUT2D eigenvalue weighted by atomic mass is 32.2. The van der Waals surface area contributed by atoms with Gasteiger partial charge in [0.2, 0.25) is 0 Å². The number of aliphatic imine (C=N–C) groups is 1. The maximum Gasteiger partial charge on any atom is 0.190 e. The summed E-state index contributed by atoms with van der Waals surface area (Å²) in [5.41, 5.74) is 0. The van der Waals surface area contributed by atoms with Gasteiger partial charge in [-0.15, -0.1) is 0 Å². The van der Waals surface area contributed by atoms with Crippen molar-refractivity contribution in [2.24, 2.45) is 4.99 Å². The van der Waals surface area contributed by atoms with E-state index in [2.05, 4.69) is 15.6 Å². The van der Waals surface area contributed by atoms with E-state index >= 15 is 0 Å². The van der Waals surface area contributed by atoms with Crippen LogP contribution in [-0.4, -0.2) is 60.2 Å². The molecule has 0 amide bonds. The second-order valence-electron chi connectivity index (χ2n) is 3.76. The predicted molar refractivity (Wildman–Crippen MR) is 70.2 cm³/mol. The van der Waals surface area contributed by atoms with E-state index in [1.807, 2.05) is 0 Å². The Hall–Kier alpha value is -0.820. The second kappa shape index (κ2) is 9.23. The van der Waals surface area contributed by atoms with Crippen molar-refractivity contribution in [3.63, 3.8) is 0 Å². The lowest BCUT2D eigenvalue weighted by Crippen LogP contribution is -2.38. The Morgan fingerprint density at radius 3 is 2.29 bits per heavy atom. The fourth-order valence-electron chi connectivity index (χ4n) is 1.19. The summed E-state index contributed by atoms with van der Waals surface area (Å²) in [5.74, 6) is 0.885. The first-order chi connectivity index (χ1) is 7.99. The average Bonchev–Trinajstić information content (AvgIpc) is 2.25. The van der Waals surface area contributed by atoms with Crippen LogP contribution >= 0.6 is 0 Å². The molecule has 0 fully saturated rings. The molecule has 7 heteroatoms. The van der Waals surface area contributed by atoms with Gasteiger partial charge in [-0.1, -0.05) is 0 Å². The monoisotopic (exact) mass is 265 g/mol. The van der Waals surface area contributed by atoms with Gasteiger partial charge in [0.25, 0.3) is 0 Å². The summed E-state index contributed by atoms with van der Waals surface area (Å²) in [6.45, 7) is 2.08. The molecule has 0 heterocycles. The van der Waals surface area contributed by atoms with E-state index in [4.69, 9.17) is 4.74 Å². The van der Waals surface area contributed by atoms with E-state index < -0.39 is 9.84 Å². The highest BCUT2D eigenvalue weighted by Crippen LogP contribution is 1.87. The zero-order chi connectivity index (χ0) is 13.1. The molecule has 0 spiro atoms. The van der Waals surface area contributed by atoms with Gasteiger partial charge < -0.3 is 15.4 Å². The predicted octanol–water partition coefficient (Wildman–Crippen LogP) is -0.377. The van der Waals surface area contributed by atoms with Crippen molar-refractivity contribution in [3.8, 4) is 0 Å². The Morgan fingerprint density at radius 1 is 1.24 bits per heavy atom. The van der Waals surface area contributed by atoms with Crippen LogP contribution in [-0.2, 0) is 14.6 Å². The SMILES string of the molecule is CN=C(NCCCOC)NCCCS(C)(=O)=O. The smallest absolute Gasteiger partial charge is 0.190 e. The quantitative estimate of drug-likeness (QED) is 0.355. The first-order valence-electron chi connectivity index (χ1n) is 5.61. The molecular formula is C10H23N3O3S. The van der Waals surface area contributed by atoms with Crippen LogP contribution in [0.3, 0.4) is 0 Å². The third-order valence-corrected chi connectivity index (χ3v) is 3.06. The molecule has 0 saturated carbocycles. The summed E-state index contributed by atoms with van der Waals surface area (Å²) in [7, 11) is 0.478. The van der Waals surface area contributed by atoms with Crippen molar-refractivity contribution in [2.45, 2.75) is 12.8 Å². The summed E-state index contributed by atoms with van der Waals surface area (Å²) < 4.78 is 26.7. The molecule has 2 N–H and O–H groups in total. The van der Waals surface area contributed by atoms with Gasteiger partial charge >= 0.3 is 0 Å². The third kappa shape index (κ3) is 11.4. The van der Waals surface area contributed by atoms with Crippen LogP contribution in [0.15, 0.2) is 4.99 Å². The zero-order valence-electron chi connectivity index (χ0n) is 10.8. The lowest BCUT2D eigenvalue weighted by atomic mass is 10.4. The summed E-state index contributed by atoms with van der Waals surface area (Å²) >= 11 is 0. The Bertz CT molecular complexity index is 315. The molecule has 0 aliphatic carbocycles. The van der Waals surface area contributed by atoms with Gasteiger partial charge in [-0.3, -0.25) is 4.99 Å². The third-order valence-electron chi connectivity index (χ3n) is 2.03. The number of nitrogens with zero attached hydrogens (tertiary/aromatic N) is 1. The molecule has 0 aromatic heterocycles. The fourth-order valence-corrected chi connectivity index (χ4v) is 1.85.